The molecule has 5 heteroatoms. The van der Waals surface area contributed by atoms with Gasteiger partial charge in [-0.25, -0.2) is 4.98 Å². The van der Waals surface area contributed by atoms with Gasteiger partial charge in [0, 0.05) is 18.4 Å². The summed E-state index contributed by atoms with van der Waals surface area (Å²) in [7, 11) is 0. The number of nitrogens with zero attached hydrogens (tertiary/aromatic N) is 2. The first-order valence-corrected chi connectivity index (χ1v) is 6.78. The topological polar surface area (TPSA) is 59.1 Å². The molecule has 20 heavy (non-hydrogen) atoms. The average Bonchev–Trinajstić information content (AvgIpc) is 2.41. The zero-order chi connectivity index (χ0) is 14.4. The van der Waals surface area contributed by atoms with Crippen LogP contribution in [0.2, 0.25) is 0 Å². The number of hydrogen-bond donors (Lipinski definition) is 2. The van der Waals surface area contributed by atoms with Crippen LogP contribution in [-0.2, 0) is 0 Å². The Labute approximate surface area is 119 Å². The van der Waals surface area contributed by atoms with E-state index in [1.54, 1.807) is 6.20 Å². The van der Waals surface area contributed by atoms with Crippen LogP contribution in [0.5, 0.6) is 5.75 Å². The van der Waals surface area contributed by atoms with Crippen molar-refractivity contribution in [3.05, 3.63) is 36.5 Å². The zero-order valence-electron chi connectivity index (χ0n) is 12.1. The molecule has 0 aliphatic carbocycles. The van der Waals surface area contributed by atoms with Crippen LogP contribution in [0.3, 0.4) is 0 Å². The Morgan fingerprint density at radius 3 is 2.55 bits per heavy atom. The van der Waals surface area contributed by atoms with Crippen LogP contribution in [0.1, 0.15) is 20.8 Å². The molecule has 106 valence electrons. The average molecular weight is 272 g/mol. The maximum absolute atomic E-state index is 5.61. The van der Waals surface area contributed by atoms with Crippen LogP contribution in [0.4, 0.5) is 17.5 Å². The van der Waals surface area contributed by atoms with Gasteiger partial charge in [-0.05, 0) is 51.1 Å². The molecular formula is C15H20N4O. The van der Waals surface area contributed by atoms with Gasteiger partial charge in [-0.1, -0.05) is 0 Å². The van der Waals surface area contributed by atoms with Crippen LogP contribution in [-0.4, -0.2) is 22.6 Å². The fourth-order valence-corrected chi connectivity index (χ4v) is 1.71. The fraction of sp³-hybridized carbons (Fsp3) is 0.333. The first-order valence-electron chi connectivity index (χ1n) is 6.78. The Hall–Kier alpha value is -2.30. The van der Waals surface area contributed by atoms with E-state index in [1.165, 1.54) is 0 Å². The van der Waals surface area contributed by atoms with Crippen LogP contribution in [0.15, 0.2) is 36.5 Å². The number of nitrogens with one attached hydrogen (secondary N) is 2. The number of ether oxygens (including phenoxy) is 1. The minimum Gasteiger partial charge on any atom is -0.491 e. The predicted molar refractivity (Wildman–Crippen MR) is 81.7 cm³/mol. The number of anilines is 3. The Kier molecular flexibility index (Phi) is 4.76. The molecule has 0 radical (unpaired) electrons. The third-order valence-electron chi connectivity index (χ3n) is 2.49. The standard InChI is InChI=1S/C15H20N4O/c1-4-16-15-17-10-9-14(19-15)18-12-5-7-13(8-6-12)20-11(2)3/h5-11H,4H2,1-3H3,(H2,16,17,18,19). The molecule has 0 atom stereocenters. The molecule has 2 N–H and O–H groups in total. The van der Waals surface area contributed by atoms with Crippen LogP contribution < -0.4 is 15.4 Å². The summed E-state index contributed by atoms with van der Waals surface area (Å²) in [4.78, 5) is 8.50. The SMILES string of the molecule is CCNc1nccc(Nc2ccc(OC(C)C)cc2)n1. The molecular weight excluding hydrogens is 252 g/mol. The molecule has 0 aliphatic heterocycles. The van der Waals surface area contributed by atoms with E-state index in [1.807, 2.05) is 51.1 Å². The van der Waals surface area contributed by atoms with Crippen molar-refractivity contribution in [1.82, 2.24) is 9.97 Å². The van der Waals surface area contributed by atoms with Gasteiger partial charge in [-0.2, -0.15) is 4.98 Å². The summed E-state index contributed by atoms with van der Waals surface area (Å²) in [6.45, 7) is 6.83. The van der Waals surface area contributed by atoms with Gasteiger partial charge in [0.25, 0.3) is 0 Å². The number of rotatable bonds is 6. The molecule has 0 saturated carbocycles. The van der Waals surface area contributed by atoms with Gasteiger partial charge >= 0.3 is 0 Å². The van der Waals surface area contributed by atoms with E-state index >= 15 is 0 Å². The van der Waals surface area contributed by atoms with Crippen molar-refractivity contribution < 1.29 is 4.74 Å². The zero-order valence-corrected chi connectivity index (χ0v) is 12.1. The lowest BCUT2D eigenvalue weighted by molar-refractivity contribution is 0.242. The lowest BCUT2D eigenvalue weighted by atomic mass is 10.3. The summed E-state index contributed by atoms with van der Waals surface area (Å²) >= 11 is 0. The lowest BCUT2D eigenvalue weighted by Gasteiger charge is -2.11. The molecule has 0 bridgehead atoms. The lowest BCUT2D eigenvalue weighted by Crippen LogP contribution is -2.05. The Bertz CT molecular complexity index is 540. The molecule has 0 fully saturated rings. The van der Waals surface area contributed by atoms with E-state index in [9.17, 15) is 0 Å². The van der Waals surface area contributed by atoms with Crippen molar-refractivity contribution in [1.29, 1.82) is 0 Å². The second-order valence-corrected chi connectivity index (χ2v) is 4.61. The molecule has 1 aromatic carbocycles. The van der Waals surface area contributed by atoms with Gasteiger partial charge in [-0.15, -0.1) is 0 Å². The maximum atomic E-state index is 5.61. The maximum Gasteiger partial charge on any atom is 0.224 e. The Morgan fingerprint density at radius 1 is 1.15 bits per heavy atom. The van der Waals surface area contributed by atoms with Crippen LogP contribution >= 0.6 is 0 Å². The second kappa shape index (κ2) is 6.75. The van der Waals surface area contributed by atoms with Crippen molar-refractivity contribution in [2.45, 2.75) is 26.9 Å². The van der Waals surface area contributed by atoms with Crippen molar-refractivity contribution in [2.75, 3.05) is 17.2 Å². The van der Waals surface area contributed by atoms with Crippen molar-refractivity contribution in [3.8, 4) is 5.75 Å². The molecule has 0 unspecified atom stereocenters. The molecule has 2 rings (SSSR count). The minimum absolute atomic E-state index is 0.179. The first kappa shape index (κ1) is 14.1. The highest BCUT2D eigenvalue weighted by atomic mass is 16.5. The minimum atomic E-state index is 0.179. The molecule has 2 aromatic rings. The van der Waals surface area contributed by atoms with Crippen LogP contribution in [0, 0.1) is 0 Å². The highest BCUT2D eigenvalue weighted by molar-refractivity contribution is 5.57. The summed E-state index contributed by atoms with van der Waals surface area (Å²) in [5, 5.41) is 6.32. The Morgan fingerprint density at radius 2 is 1.90 bits per heavy atom. The summed E-state index contributed by atoms with van der Waals surface area (Å²) in [5.41, 5.74) is 0.960. The number of aromatic nitrogens is 2. The largest absolute Gasteiger partial charge is 0.491 e. The second-order valence-electron chi connectivity index (χ2n) is 4.61. The summed E-state index contributed by atoms with van der Waals surface area (Å²) in [5.74, 6) is 2.24. The van der Waals surface area contributed by atoms with Gasteiger partial charge < -0.3 is 15.4 Å². The van der Waals surface area contributed by atoms with Crippen molar-refractivity contribution in [2.24, 2.45) is 0 Å². The molecule has 0 aliphatic rings. The van der Waals surface area contributed by atoms with Crippen LogP contribution in [0.25, 0.3) is 0 Å². The quantitative estimate of drug-likeness (QED) is 0.843. The van der Waals surface area contributed by atoms with Gasteiger partial charge in [0.2, 0.25) is 5.95 Å². The highest BCUT2D eigenvalue weighted by Gasteiger charge is 2.01. The normalized spacial score (nSPS) is 10.4. The number of benzene rings is 1. The highest BCUT2D eigenvalue weighted by Crippen LogP contribution is 2.20. The van der Waals surface area contributed by atoms with Crippen molar-refractivity contribution >= 4 is 17.5 Å². The van der Waals surface area contributed by atoms with E-state index < -0.39 is 0 Å². The monoisotopic (exact) mass is 272 g/mol. The molecule has 0 amide bonds. The Balaban J connectivity index is 2.04. The molecule has 5 nitrogen and oxygen atoms in total. The molecule has 0 saturated heterocycles. The summed E-state index contributed by atoms with van der Waals surface area (Å²) in [6, 6.07) is 9.64. The van der Waals surface area contributed by atoms with Crippen molar-refractivity contribution in [3.63, 3.8) is 0 Å². The predicted octanol–water partition coefficient (Wildman–Crippen LogP) is 3.44. The third-order valence-corrected chi connectivity index (χ3v) is 2.49. The van der Waals surface area contributed by atoms with E-state index in [4.69, 9.17) is 4.74 Å². The number of hydrogen-bond acceptors (Lipinski definition) is 5. The summed E-state index contributed by atoms with van der Waals surface area (Å²) < 4.78 is 5.61. The smallest absolute Gasteiger partial charge is 0.224 e. The van der Waals surface area contributed by atoms with Gasteiger partial charge in [0.1, 0.15) is 11.6 Å². The summed E-state index contributed by atoms with van der Waals surface area (Å²) in [6.07, 6.45) is 1.90. The van der Waals surface area contributed by atoms with Gasteiger partial charge in [0.15, 0.2) is 0 Å². The molecule has 1 heterocycles. The van der Waals surface area contributed by atoms with E-state index in [2.05, 4.69) is 20.6 Å². The van der Waals surface area contributed by atoms with Gasteiger partial charge in [0.05, 0.1) is 6.10 Å². The van der Waals surface area contributed by atoms with Gasteiger partial charge in [-0.3, -0.25) is 0 Å². The third kappa shape index (κ3) is 4.12. The van der Waals surface area contributed by atoms with E-state index in [0.29, 0.717) is 5.95 Å². The molecule has 0 spiro atoms. The fourth-order valence-electron chi connectivity index (χ4n) is 1.71. The van der Waals surface area contributed by atoms with E-state index in [0.717, 1.165) is 23.8 Å². The molecule has 1 aromatic heterocycles. The van der Waals surface area contributed by atoms with E-state index in [-0.39, 0.29) is 6.10 Å². The first-order chi connectivity index (χ1) is 9.67.